The van der Waals surface area contributed by atoms with E-state index in [2.05, 4.69) is 0 Å². The molecule has 1 amide bonds. The highest BCUT2D eigenvalue weighted by Gasteiger charge is 2.19. The number of aliphatic carboxylic acids is 1. The van der Waals surface area contributed by atoms with Crippen LogP contribution in [-0.2, 0) is 4.79 Å². The number of benzene rings is 1. The molecule has 0 atom stereocenters. The molecule has 0 saturated heterocycles. The van der Waals surface area contributed by atoms with Crippen molar-refractivity contribution >= 4 is 23.5 Å². The minimum Gasteiger partial charge on any atom is -0.493 e. The molecule has 1 N–H and O–H groups in total. The first-order valence-corrected chi connectivity index (χ1v) is 6.76. The molecular weight excluding hydrogens is 298 g/mol. The molecule has 1 aromatic carbocycles. The second-order valence-electron chi connectivity index (χ2n) is 4.39. The van der Waals surface area contributed by atoms with Gasteiger partial charge in [-0.25, -0.2) is 0 Å². The van der Waals surface area contributed by atoms with Crippen molar-refractivity contribution in [3.05, 3.63) is 22.7 Å². The summed E-state index contributed by atoms with van der Waals surface area (Å²) >= 11 is 6.11. The zero-order valence-electron chi connectivity index (χ0n) is 12.2. The molecule has 0 aliphatic carbocycles. The number of nitrogens with zero attached hydrogens (tertiary/aromatic N) is 1. The summed E-state index contributed by atoms with van der Waals surface area (Å²) < 4.78 is 10.7. The molecule has 6 nitrogen and oxygen atoms in total. The van der Waals surface area contributed by atoms with Gasteiger partial charge in [0, 0.05) is 12.6 Å². The van der Waals surface area contributed by atoms with Gasteiger partial charge in [-0.15, -0.1) is 0 Å². The Kier molecular flexibility index (Phi) is 6.30. The fourth-order valence-corrected chi connectivity index (χ4v) is 1.95. The zero-order chi connectivity index (χ0) is 16.0. The summed E-state index contributed by atoms with van der Waals surface area (Å²) in [6.45, 7) is 2.04. The van der Waals surface area contributed by atoms with Crippen molar-refractivity contribution in [3.63, 3.8) is 0 Å². The highest BCUT2D eigenvalue weighted by Crippen LogP contribution is 2.36. The second kappa shape index (κ2) is 7.73. The molecule has 0 aliphatic heterocycles. The van der Waals surface area contributed by atoms with E-state index in [0.717, 1.165) is 11.3 Å². The van der Waals surface area contributed by atoms with E-state index in [1.54, 1.807) is 0 Å². The van der Waals surface area contributed by atoms with E-state index in [0.29, 0.717) is 18.1 Å². The van der Waals surface area contributed by atoms with E-state index in [1.807, 2.05) is 6.92 Å². The predicted molar refractivity (Wildman–Crippen MR) is 78.4 cm³/mol. The monoisotopic (exact) mass is 315 g/mol. The summed E-state index contributed by atoms with van der Waals surface area (Å²) in [5.74, 6) is -0.840. The van der Waals surface area contributed by atoms with Crippen LogP contribution in [0, 0.1) is 0 Å². The third-order valence-corrected chi connectivity index (χ3v) is 2.93. The van der Waals surface area contributed by atoms with Gasteiger partial charge >= 0.3 is 5.97 Å². The molecule has 0 unspecified atom stereocenters. The molecule has 7 heteroatoms. The Morgan fingerprint density at radius 3 is 2.57 bits per heavy atom. The fourth-order valence-electron chi connectivity index (χ4n) is 1.68. The van der Waals surface area contributed by atoms with Crippen LogP contribution in [-0.4, -0.2) is 49.2 Å². The topological polar surface area (TPSA) is 76.1 Å². The Labute approximate surface area is 128 Å². The van der Waals surface area contributed by atoms with Crippen molar-refractivity contribution in [1.82, 2.24) is 4.90 Å². The standard InChI is InChI=1S/C14H18ClNO5/c1-4-5-21-13-10(15)6-9(7-11(13)20-3)14(19)16(2)8-12(17)18/h6-7H,4-5,8H2,1-3H3,(H,17,18). The number of likely N-dealkylation sites (N-methyl/N-ethyl adjacent to an activating group) is 1. The van der Waals surface area contributed by atoms with Crippen LogP contribution >= 0.6 is 11.6 Å². The van der Waals surface area contributed by atoms with Gasteiger partial charge in [0.15, 0.2) is 11.5 Å². The first-order chi connectivity index (χ1) is 9.90. The van der Waals surface area contributed by atoms with Crippen molar-refractivity contribution < 1.29 is 24.2 Å². The van der Waals surface area contributed by atoms with E-state index in [-0.39, 0.29) is 10.6 Å². The summed E-state index contributed by atoms with van der Waals surface area (Å²) in [6.07, 6.45) is 0.807. The quantitative estimate of drug-likeness (QED) is 0.835. The molecule has 0 radical (unpaired) electrons. The van der Waals surface area contributed by atoms with Crippen LogP contribution in [0.5, 0.6) is 11.5 Å². The zero-order valence-corrected chi connectivity index (χ0v) is 12.9. The number of carboxylic acid groups (broad SMARTS) is 1. The van der Waals surface area contributed by atoms with E-state index in [4.69, 9.17) is 26.2 Å². The number of methoxy groups -OCH3 is 1. The smallest absolute Gasteiger partial charge is 0.323 e. The first kappa shape index (κ1) is 17.1. The number of amides is 1. The molecule has 0 bridgehead atoms. The minimum atomic E-state index is -1.09. The summed E-state index contributed by atoms with van der Waals surface area (Å²) in [7, 11) is 2.85. The van der Waals surface area contributed by atoms with Gasteiger partial charge in [0.2, 0.25) is 0 Å². The van der Waals surface area contributed by atoms with Crippen molar-refractivity contribution in [2.75, 3.05) is 27.3 Å². The summed E-state index contributed by atoms with van der Waals surface area (Å²) in [6, 6.07) is 2.92. The molecular formula is C14H18ClNO5. The Hall–Kier alpha value is -1.95. The maximum Gasteiger partial charge on any atom is 0.323 e. The van der Waals surface area contributed by atoms with Crippen LogP contribution in [0.3, 0.4) is 0 Å². The molecule has 0 aliphatic rings. The third kappa shape index (κ3) is 4.53. The number of carbonyl (C=O) groups is 2. The van der Waals surface area contributed by atoms with Crippen LogP contribution in [0.4, 0.5) is 0 Å². The minimum absolute atomic E-state index is 0.240. The Balaban J connectivity index is 3.07. The SMILES string of the molecule is CCCOc1c(Cl)cc(C(=O)N(C)CC(=O)O)cc1OC. The second-order valence-corrected chi connectivity index (χ2v) is 4.80. The number of rotatable bonds is 7. The number of ether oxygens (including phenoxy) is 2. The maximum atomic E-state index is 12.1. The molecule has 21 heavy (non-hydrogen) atoms. The van der Waals surface area contributed by atoms with Crippen LogP contribution in [0.25, 0.3) is 0 Å². The molecule has 0 saturated carbocycles. The van der Waals surface area contributed by atoms with Crippen molar-refractivity contribution in [1.29, 1.82) is 0 Å². The van der Waals surface area contributed by atoms with Gasteiger partial charge in [-0.3, -0.25) is 9.59 Å². The average molecular weight is 316 g/mol. The highest BCUT2D eigenvalue weighted by atomic mass is 35.5. The number of halogens is 1. The summed E-state index contributed by atoms with van der Waals surface area (Å²) in [5, 5.41) is 8.96. The van der Waals surface area contributed by atoms with E-state index < -0.39 is 18.4 Å². The molecule has 1 aromatic rings. The maximum absolute atomic E-state index is 12.1. The van der Waals surface area contributed by atoms with Gasteiger partial charge in [0.1, 0.15) is 6.54 Å². The Bertz CT molecular complexity index is 532. The van der Waals surface area contributed by atoms with Crippen LogP contribution in [0.1, 0.15) is 23.7 Å². The van der Waals surface area contributed by atoms with Gasteiger partial charge in [0.05, 0.1) is 18.7 Å². The molecule has 0 heterocycles. The van der Waals surface area contributed by atoms with Gasteiger partial charge in [-0.1, -0.05) is 18.5 Å². The van der Waals surface area contributed by atoms with Crippen LogP contribution in [0.2, 0.25) is 5.02 Å². The number of carbonyl (C=O) groups excluding carboxylic acids is 1. The average Bonchev–Trinajstić information content (AvgIpc) is 2.43. The molecule has 0 aromatic heterocycles. The molecule has 1 rings (SSSR count). The normalized spacial score (nSPS) is 10.1. The molecule has 116 valence electrons. The lowest BCUT2D eigenvalue weighted by Gasteiger charge is -2.17. The first-order valence-electron chi connectivity index (χ1n) is 6.38. The summed E-state index contributed by atoms with van der Waals surface area (Å²) in [4.78, 5) is 23.9. The number of hydrogen-bond donors (Lipinski definition) is 1. The van der Waals surface area contributed by atoms with Crippen LogP contribution in [0.15, 0.2) is 12.1 Å². The lowest BCUT2D eigenvalue weighted by molar-refractivity contribution is -0.137. The van der Waals surface area contributed by atoms with Crippen molar-refractivity contribution in [3.8, 4) is 11.5 Å². The molecule has 0 spiro atoms. The van der Waals surface area contributed by atoms with Gasteiger partial charge < -0.3 is 19.5 Å². The van der Waals surface area contributed by atoms with Gasteiger partial charge in [0.25, 0.3) is 5.91 Å². The Morgan fingerprint density at radius 1 is 1.38 bits per heavy atom. The summed E-state index contributed by atoms with van der Waals surface area (Å²) in [5.41, 5.74) is 0.240. The fraction of sp³-hybridized carbons (Fsp3) is 0.429. The van der Waals surface area contributed by atoms with E-state index >= 15 is 0 Å². The predicted octanol–water partition coefficient (Wildman–Crippen LogP) is 2.29. The van der Waals surface area contributed by atoms with Gasteiger partial charge in [-0.05, 0) is 18.6 Å². The number of hydrogen-bond acceptors (Lipinski definition) is 4. The highest BCUT2D eigenvalue weighted by molar-refractivity contribution is 6.32. The largest absolute Gasteiger partial charge is 0.493 e. The van der Waals surface area contributed by atoms with Crippen LogP contribution < -0.4 is 9.47 Å². The van der Waals surface area contributed by atoms with Gasteiger partial charge in [-0.2, -0.15) is 0 Å². The van der Waals surface area contributed by atoms with E-state index in [1.165, 1.54) is 26.3 Å². The lowest BCUT2D eigenvalue weighted by atomic mass is 10.1. The number of carboxylic acids is 1. The molecule has 0 fully saturated rings. The van der Waals surface area contributed by atoms with Crippen molar-refractivity contribution in [2.24, 2.45) is 0 Å². The van der Waals surface area contributed by atoms with E-state index in [9.17, 15) is 9.59 Å². The lowest BCUT2D eigenvalue weighted by Crippen LogP contribution is -2.31. The Morgan fingerprint density at radius 2 is 2.05 bits per heavy atom. The van der Waals surface area contributed by atoms with Crippen molar-refractivity contribution in [2.45, 2.75) is 13.3 Å². The third-order valence-electron chi connectivity index (χ3n) is 2.65.